The molecule has 0 aliphatic rings. The van der Waals surface area contributed by atoms with Gasteiger partial charge >= 0.3 is 0 Å². The Morgan fingerprint density at radius 2 is 1.19 bits per heavy atom. The first-order valence-electron chi connectivity index (χ1n) is 5.04. The molecule has 0 bridgehead atoms. The van der Waals surface area contributed by atoms with Gasteiger partial charge in [-0.2, -0.15) is 0 Å². The molecule has 98 valence electrons. The van der Waals surface area contributed by atoms with E-state index in [4.69, 9.17) is 24.8 Å². The van der Waals surface area contributed by atoms with Crippen LogP contribution >= 0.6 is 0 Å². The van der Waals surface area contributed by atoms with Gasteiger partial charge in [0.25, 0.3) is 0 Å². The molecular formula is C10H22O6. The fraction of sp³-hybridized carbons (Fsp3) is 0.800. The largest absolute Gasteiger partial charge is 0.499 e. The molecule has 6 heteroatoms. The van der Waals surface area contributed by atoms with Crippen molar-refractivity contribution in [2.45, 2.75) is 0 Å². The second-order valence-corrected chi connectivity index (χ2v) is 2.43. The lowest BCUT2D eigenvalue weighted by Crippen LogP contribution is -2.09. The van der Waals surface area contributed by atoms with Crippen molar-refractivity contribution >= 4 is 0 Å². The zero-order chi connectivity index (χ0) is 12.5. The Morgan fingerprint density at radius 1 is 0.750 bits per heavy atom. The first-order chi connectivity index (χ1) is 7.83. The summed E-state index contributed by atoms with van der Waals surface area (Å²) in [6, 6.07) is 0. The molecule has 3 N–H and O–H groups in total. The van der Waals surface area contributed by atoms with Gasteiger partial charge in [0.1, 0.15) is 6.61 Å². The van der Waals surface area contributed by atoms with Crippen LogP contribution in [0.5, 0.6) is 0 Å². The summed E-state index contributed by atoms with van der Waals surface area (Å²) in [5, 5.41) is 24.6. The normalized spacial score (nSPS) is 9.19. The number of rotatable bonds is 10. The Kier molecular flexibility index (Phi) is 22.0. The van der Waals surface area contributed by atoms with Gasteiger partial charge < -0.3 is 29.5 Å². The first kappa shape index (κ1) is 17.7. The summed E-state index contributed by atoms with van der Waals surface area (Å²) in [5.41, 5.74) is 0. The topological polar surface area (TPSA) is 88.4 Å². The average molecular weight is 238 g/mol. The molecular weight excluding hydrogens is 216 g/mol. The number of hydrogen-bond acceptors (Lipinski definition) is 6. The van der Waals surface area contributed by atoms with E-state index in [9.17, 15) is 0 Å². The Bertz CT molecular complexity index is 112. The third-order valence-corrected chi connectivity index (χ3v) is 1.17. The Labute approximate surface area is 96.1 Å². The van der Waals surface area contributed by atoms with E-state index in [1.807, 2.05) is 0 Å². The van der Waals surface area contributed by atoms with Crippen LogP contribution in [0.4, 0.5) is 0 Å². The maximum atomic E-state index is 8.26. The summed E-state index contributed by atoms with van der Waals surface area (Å²) in [4.78, 5) is 0. The molecule has 0 aliphatic carbocycles. The van der Waals surface area contributed by atoms with Crippen LogP contribution in [-0.2, 0) is 14.2 Å². The maximum Gasteiger partial charge on any atom is 0.110 e. The summed E-state index contributed by atoms with van der Waals surface area (Å²) in [5.74, 6) is 0. The van der Waals surface area contributed by atoms with E-state index in [1.54, 1.807) is 0 Å². The molecule has 0 fully saturated rings. The molecule has 0 saturated carbocycles. The van der Waals surface area contributed by atoms with E-state index < -0.39 is 0 Å². The molecule has 0 rings (SSSR count). The highest BCUT2D eigenvalue weighted by Gasteiger charge is 1.86. The molecule has 0 aromatic rings. The zero-order valence-corrected chi connectivity index (χ0v) is 9.51. The number of ether oxygens (including phenoxy) is 3. The van der Waals surface area contributed by atoms with Gasteiger partial charge in [-0.1, -0.05) is 6.58 Å². The average Bonchev–Trinajstić information content (AvgIpc) is 2.32. The molecule has 0 aromatic carbocycles. The smallest absolute Gasteiger partial charge is 0.110 e. The van der Waals surface area contributed by atoms with E-state index in [1.165, 1.54) is 6.26 Å². The Morgan fingerprint density at radius 3 is 1.44 bits per heavy atom. The van der Waals surface area contributed by atoms with Crippen LogP contribution in [-0.4, -0.2) is 68.2 Å². The van der Waals surface area contributed by atoms with Crippen molar-refractivity contribution in [3.8, 4) is 0 Å². The number of hydrogen-bond donors (Lipinski definition) is 3. The van der Waals surface area contributed by atoms with Crippen LogP contribution in [0.25, 0.3) is 0 Å². The van der Waals surface area contributed by atoms with E-state index >= 15 is 0 Å². The van der Waals surface area contributed by atoms with Crippen LogP contribution in [0.2, 0.25) is 0 Å². The molecule has 0 aromatic heterocycles. The summed E-state index contributed by atoms with van der Waals surface area (Å²) >= 11 is 0. The van der Waals surface area contributed by atoms with Crippen molar-refractivity contribution in [3.63, 3.8) is 0 Å². The van der Waals surface area contributed by atoms with Crippen molar-refractivity contribution in [1.29, 1.82) is 0 Å². The van der Waals surface area contributed by atoms with E-state index in [0.29, 0.717) is 33.0 Å². The summed E-state index contributed by atoms with van der Waals surface area (Å²) < 4.78 is 14.2. The zero-order valence-electron chi connectivity index (χ0n) is 9.51. The Balaban J connectivity index is 0. The van der Waals surface area contributed by atoms with E-state index in [2.05, 4.69) is 11.3 Å². The predicted octanol–water partition coefficient (Wildman–Crippen LogP) is -0.857. The first-order valence-corrected chi connectivity index (χ1v) is 5.04. The van der Waals surface area contributed by atoms with Gasteiger partial charge in [-0.3, -0.25) is 0 Å². The lowest BCUT2D eigenvalue weighted by atomic mass is 10.7. The monoisotopic (exact) mass is 238 g/mol. The summed E-state index contributed by atoms with van der Waals surface area (Å²) in [6.07, 6.45) is 1.30. The van der Waals surface area contributed by atoms with Crippen LogP contribution in [0.3, 0.4) is 0 Å². The van der Waals surface area contributed by atoms with E-state index in [0.717, 1.165) is 0 Å². The number of aliphatic hydroxyl groups is 3. The van der Waals surface area contributed by atoms with Gasteiger partial charge in [-0.05, 0) is 0 Å². The fourth-order valence-corrected chi connectivity index (χ4v) is 0.587. The molecule has 6 nitrogen and oxygen atoms in total. The molecule has 0 amide bonds. The van der Waals surface area contributed by atoms with Crippen molar-refractivity contribution in [2.75, 3.05) is 52.9 Å². The molecule has 0 aliphatic heterocycles. The highest BCUT2D eigenvalue weighted by Crippen LogP contribution is 1.76. The standard InChI is InChI=1S/C6H14O4.C4H8O2/c7-1-3-9-5-6-10-4-2-8;1-2-6-4-3-5/h7-8H,1-6H2;2,5H,1,3-4H2. The molecule has 0 unspecified atom stereocenters. The third-order valence-electron chi connectivity index (χ3n) is 1.17. The molecule has 0 radical (unpaired) electrons. The molecule has 0 atom stereocenters. The molecule has 0 saturated heterocycles. The van der Waals surface area contributed by atoms with Gasteiger partial charge in [0.15, 0.2) is 0 Å². The fourth-order valence-electron chi connectivity index (χ4n) is 0.587. The SMILES string of the molecule is C=COCCO.OCCOCCOCCO. The highest BCUT2D eigenvalue weighted by molar-refractivity contribution is 4.46. The van der Waals surface area contributed by atoms with Gasteiger partial charge in [0.05, 0.1) is 52.5 Å². The molecule has 0 spiro atoms. The van der Waals surface area contributed by atoms with Crippen molar-refractivity contribution < 1.29 is 29.5 Å². The van der Waals surface area contributed by atoms with Crippen LogP contribution < -0.4 is 0 Å². The van der Waals surface area contributed by atoms with E-state index in [-0.39, 0.29) is 19.8 Å². The Hall–Kier alpha value is -0.660. The quantitative estimate of drug-likeness (QED) is 0.339. The third kappa shape index (κ3) is 23.3. The van der Waals surface area contributed by atoms with Gasteiger partial charge in [0, 0.05) is 0 Å². The second-order valence-electron chi connectivity index (χ2n) is 2.43. The van der Waals surface area contributed by atoms with Crippen LogP contribution in [0.15, 0.2) is 12.8 Å². The minimum Gasteiger partial charge on any atom is -0.499 e. The van der Waals surface area contributed by atoms with Crippen LogP contribution in [0, 0.1) is 0 Å². The molecule has 16 heavy (non-hydrogen) atoms. The lowest BCUT2D eigenvalue weighted by molar-refractivity contribution is 0.0222. The summed E-state index contributed by atoms with van der Waals surface area (Å²) in [6.45, 7) is 5.41. The van der Waals surface area contributed by atoms with Gasteiger partial charge in [-0.25, -0.2) is 0 Å². The molecule has 0 heterocycles. The van der Waals surface area contributed by atoms with Crippen molar-refractivity contribution in [2.24, 2.45) is 0 Å². The van der Waals surface area contributed by atoms with Gasteiger partial charge in [0.2, 0.25) is 0 Å². The highest BCUT2D eigenvalue weighted by atomic mass is 16.5. The second kappa shape index (κ2) is 19.8. The lowest BCUT2D eigenvalue weighted by Gasteiger charge is -2.01. The minimum absolute atomic E-state index is 0.0417. The predicted molar refractivity (Wildman–Crippen MR) is 59.0 cm³/mol. The van der Waals surface area contributed by atoms with Crippen molar-refractivity contribution in [1.82, 2.24) is 0 Å². The van der Waals surface area contributed by atoms with Gasteiger partial charge in [-0.15, -0.1) is 0 Å². The van der Waals surface area contributed by atoms with Crippen LogP contribution in [0.1, 0.15) is 0 Å². The number of aliphatic hydroxyl groups excluding tert-OH is 3. The minimum atomic E-state index is 0.0417. The summed E-state index contributed by atoms with van der Waals surface area (Å²) in [7, 11) is 0. The van der Waals surface area contributed by atoms with Crippen molar-refractivity contribution in [3.05, 3.63) is 12.8 Å². The maximum absolute atomic E-state index is 8.26.